The van der Waals surface area contributed by atoms with Crippen molar-refractivity contribution in [3.63, 3.8) is 0 Å². The van der Waals surface area contributed by atoms with Crippen molar-refractivity contribution in [1.82, 2.24) is 4.98 Å². The van der Waals surface area contributed by atoms with Gasteiger partial charge in [0.05, 0.1) is 5.69 Å². The van der Waals surface area contributed by atoms with Crippen LogP contribution in [0.15, 0.2) is 10.7 Å². The van der Waals surface area contributed by atoms with Crippen molar-refractivity contribution in [3.05, 3.63) is 14.4 Å². The molecule has 0 unspecified atom stereocenters. The second-order valence-corrected chi connectivity index (χ2v) is 3.98. The predicted octanol–water partition coefficient (Wildman–Crippen LogP) is 2.93. The highest BCUT2D eigenvalue weighted by atomic mass is 127. The van der Waals surface area contributed by atoms with Gasteiger partial charge in [-0.1, -0.05) is 0 Å². The minimum atomic E-state index is -4.73. The predicted molar refractivity (Wildman–Crippen MR) is 55.7 cm³/mol. The second-order valence-electron chi connectivity index (χ2n) is 2.21. The molecule has 0 amide bonds. The van der Waals surface area contributed by atoms with E-state index in [-0.39, 0.29) is 14.0 Å². The number of nitrogens with zero attached hydrogens (tertiary/aromatic N) is 1. The zero-order valence-electron chi connectivity index (χ0n) is 6.40. The molecule has 1 rings (SSSR count). The fraction of sp³-hybridized carbons (Fsp3) is 0.167. The van der Waals surface area contributed by atoms with E-state index in [4.69, 9.17) is 5.73 Å². The normalized spacial score (nSPS) is 11.5. The van der Waals surface area contributed by atoms with Gasteiger partial charge in [-0.15, -0.1) is 13.2 Å². The first-order chi connectivity index (χ1) is 6.29. The first-order valence-electron chi connectivity index (χ1n) is 3.17. The maximum absolute atomic E-state index is 11.8. The van der Waals surface area contributed by atoms with Crippen LogP contribution in [0.2, 0.25) is 0 Å². The molecule has 3 nitrogen and oxygen atoms in total. The zero-order valence-corrected chi connectivity index (χ0v) is 10.1. The smallest absolute Gasteiger partial charge is 0.403 e. The molecule has 0 aliphatic heterocycles. The molecule has 1 aromatic heterocycles. The SMILES string of the molecule is Nc1cc(OC(F)(F)F)c(I)nc1Br. The fourth-order valence-corrected chi connectivity index (χ4v) is 1.79. The summed E-state index contributed by atoms with van der Waals surface area (Å²) in [5.41, 5.74) is 5.44. The van der Waals surface area contributed by atoms with Gasteiger partial charge in [0.2, 0.25) is 0 Å². The molecule has 0 atom stereocenters. The van der Waals surface area contributed by atoms with Crippen molar-refractivity contribution in [1.29, 1.82) is 0 Å². The van der Waals surface area contributed by atoms with E-state index in [1.165, 1.54) is 0 Å². The third-order valence-electron chi connectivity index (χ3n) is 1.15. The highest BCUT2D eigenvalue weighted by Crippen LogP contribution is 2.30. The van der Waals surface area contributed by atoms with Crippen LogP contribution >= 0.6 is 38.5 Å². The molecule has 14 heavy (non-hydrogen) atoms. The number of halogens is 5. The molecule has 0 aromatic carbocycles. The van der Waals surface area contributed by atoms with Crippen molar-refractivity contribution in [3.8, 4) is 5.75 Å². The summed E-state index contributed by atoms with van der Waals surface area (Å²) in [7, 11) is 0. The van der Waals surface area contributed by atoms with Crippen molar-refractivity contribution in [2.75, 3.05) is 5.73 Å². The molecule has 1 aromatic rings. The van der Waals surface area contributed by atoms with Crippen molar-refractivity contribution in [2.45, 2.75) is 6.36 Å². The molecule has 1 heterocycles. The quantitative estimate of drug-likeness (QED) is 0.600. The summed E-state index contributed by atoms with van der Waals surface area (Å²) in [6.45, 7) is 0. The molecule has 78 valence electrons. The number of hydrogen-bond donors (Lipinski definition) is 1. The Morgan fingerprint density at radius 1 is 1.50 bits per heavy atom. The van der Waals surface area contributed by atoms with E-state index in [0.29, 0.717) is 0 Å². The van der Waals surface area contributed by atoms with Crippen LogP contribution in [0, 0.1) is 3.70 Å². The van der Waals surface area contributed by atoms with Gasteiger partial charge < -0.3 is 10.5 Å². The third-order valence-corrected chi connectivity index (χ3v) is 2.56. The summed E-state index contributed by atoms with van der Waals surface area (Å²) in [5.74, 6) is -0.404. The molecule has 0 aliphatic rings. The van der Waals surface area contributed by atoms with E-state index in [1.807, 2.05) is 0 Å². The van der Waals surface area contributed by atoms with Gasteiger partial charge in [-0.2, -0.15) is 0 Å². The summed E-state index contributed by atoms with van der Waals surface area (Å²) in [4.78, 5) is 3.71. The maximum atomic E-state index is 11.8. The van der Waals surface area contributed by atoms with Gasteiger partial charge in [-0.25, -0.2) is 4.98 Å². The first kappa shape index (κ1) is 11.8. The summed E-state index contributed by atoms with van der Waals surface area (Å²) in [5, 5.41) is 0. The Balaban J connectivity index is 3.04. The molecule has 0 bridgehead atoms. The molecule has 0 fully saturated rings. The van der Waals surface area contributed by atoms with E-state index in [2.05, 4.69) is 25.7 Å². The van der Waals surface area contributed by atoms with Crippen LogP contribution in [0.5, 0.6) is 5.75 Å². The largest absolute Gasteiger partial charge is 0.573 e. The number of anilines is 1. The fourth-order valence-electron chi connectivity index (χ4n) is 0.662. The van der Waals surface area contributed by atoms with Crippen LogP contribution in [0.4, 0.5) is 18.9 Å². The molecule has 0 saturated heterocycles. The van der Waals surface area contributed by atoms with Crippen LogP contribution in [0.1, 0.15) is 0 Å². The average Bonchev–Trinajstić information content (AvgIpc) is 1.97. The number of nitrogen functional groups attached to an aromatic ring is 1. The van der Waals surface area contributed by atoms with E-state index in [0.717, 1.165) is 6.07 Å². The summed E-state index contributed by atoms with van der Waals surface area (Å²) in [6.07, 6.45) is -4.73. The lowest BCUT2D eigenvalue weighted by Gasteiger charge is -2.10. The Kier molecular flexibility index (Phi) is 3.45. The van der Waals surface area contributed by atoms with Gasteiger partial charge in [0.15, 0.2) is 5.75 Å². The van der Waals surface area contributed by atoms with Crippen molar-refractivity contribution >= 4 is 44.2 Å². The lowest BCUT2D eigenvalue weighted by atomic mass is 10.4. The van der Waals surface area contributed by atoms with Gasteiger partial charge in [0.25, 0.3) is 0 Å². The van der Waals surface area contributed by atoms with Crippen LogP contribution in [-0.4, -0.2) is 11.3 Å². The first-order valence-corrected chi connectivity index (χ1v) is 5.04. The third kappa shape index (κ3) is 3.15. The maximum Gasteiger partial charge on any atom is 0.573 e. The number of ether oxygens (including phenoxy) is 1. The van der Waals surface area contributed by atoms with Gasteiger partial charge in [-0.05, 0) is 38.5 Å². The molecule has 0 aliphatic carbocycles. The van der Waals surface area contributed by atoms with E-state index >= 15 is 0 Å². The Morgan fingerprint density at radius 2 is 2.07 bits per heavy atom. The molecule has 0 spiro atoms. The number of aromatic nitrogens is 1. The molecule has 8 heteroatoms. The molecule has 0 radical (unpaired) electrons. The Morgan fingerprint density at radius 3 is 2.57 bits per heavy atom. The highest BCUT2D eigenvalue weighted by molar-refractivity contribution is 14.1. The van der Waals surface area contributed by atoms with E-state index in [9.17, 15) is 13.2 Å². The van der Waals surface area contributed by atoms with Crippen LogP contribution in [0.3, 0.4) is 0 Å². The second kappa shape index (κ2) is 4.09. The number of nitrogens with two attached hydrogens (primary N) is 1. The van der Waals surface area contributed by atoms with Gasteiger partial charge in [-0.3, -0.25) is 0 Å². The molecular weight excluding hydrogens is 380 g/mol. The lowest BCUT2D eigenvalue weighted by Crippen LogP contribution is -2.18. The van der Waals surface area contributed by atoms with Crippen LogP contribution in [-0.2, 0) is 0 Å². The minimum Gasteiger partial charge on any atom is -0.403 e. The number of rotatable bonds is 1. The molecule has 0 saturated carbocycles. The minimum absolute atomic E-state index is 0.0843. The Hall–Kier alpha value is -0.250. The summed E-state index contributed by atoms with van der Waals surface area (Å²) in [6, 6.07) is 1.06. The average molecular weight is 383 g/mol. The number of hydrogen-bond acceptors (Lipinski definition) is 3. The summed E-state index contributed by atoms with van der Waals surface area (Å²) < 4.78 is 39.6. The monoisotopic (exact) mass is 382 g/mol. The number of alkyl halides is 3. The van der Waals surface area contributed by atoms with Crippen molar-refractivity contribution < 1.29 is 17.9 Å². The summed E-state index contributed by atoms with van der Waals surface area (Å²) >= 11 is 4.60. The van der Waals surface area contributed by atoms with Crippen LogP contribution < -0.4 is 10.5 Å². The van der Waals surface area contributed by atoms with Gasteiger partial charge in [0.1, 0.15) is 8.30 Å². The van der Waals surface area contributed by atoms with E-state index in [1.54, 1.807) is 22.6 Å². The molecule has 2 N–H and O–H groups in total. The number of pyridine rings is 1. The lowest BCUT2D eigenvalue weighted by molar-refractivity contribution is -0.275. The highest BCUT2D eigenvalue weighted by Gasteiger charge is 2.32. The van der Waals surface area contributed by atoms with Gasteiger partial charge >= 0.3 is 6.36 Å². The zero-order chi connectivity index (χ0) is 10.9. The van der Waals surface area contributed by atoms with Crippen LogP contribution in [0.25, 0.3) is 0 Å². The van der Waals surface area contributed by atoms with E-state index < -0.39 is 12.1 Å². The molecular formula is C6H3BrF3IN2O. The standard InChI is InChI=1S/C6H3BrF3IN2O/c7-4-2(12)1-3(5(11)13-4)14-6(8,9)10/h1H,12H2. The topological polar surface area (TPSA) is 48.1 Å². The van der Waals surface area contributed by atoms with Gasteiger partial charge in [0, 0.05) is 6.07 Å². The Labute approximate surface area is 99.1 Å². The van der Waals surface area contributed by atoms with Crippen molar-refractivity contribution in [2.24, 2.45) is 0 Å². The Bertz CT molecular complexity index is 358.